The molecule has 2 unspecified atom stereocenters. The number of benzene rings is 1. The van der Waals surface area contributed by atoms with Crippen LogP contribution in [0.3, 0.4) is 0 Å². The van der Waals surface area contributed by atoms with Gasteiger partial charge in [0.25, 0.3) is 10.1 Å². The molecule has 1 aromatic rings. The van der Waals surface area contributed by atoms with Gasteiger partial charge < -0.3 is 9.79 Å². The smallest absolute Gasteiger partial charge is 0.323 e. The molecule has 138 valence electrons. The fourth-order valence-corrected chi connectivity index (χ4v) is 5.34. The van der Waals surface area contributed by atoms with Gasteiger partial charge >= 0.3 is 7.60 Å². The molecule has 0 heterocycles. The topological polar surface area (TPSA) is 112 Å². The van der Waals surface area contributed by atoms with Crippen molar-refractivity contribution in [1.29, 1.82) is 0 Å². The molecule has 0 amide bonds. The number of hydrogen-bond donors (Lipinski definition) is 3. The third-order valence-electron chi connectivity index (χ3n) is 4.48. The average Bonchev–Trinajstić information content (AvgIpc) is 2.51. The molecule has 3 N–H and O–H groups in total. The number of hydrogen-bond acceptors (Lipinski definition) is 3. The zero-order valence-electron chi connectivity index (χ0n) is 13.9. The second-order valence-corrected chi connectivity index (χ2v) is 10.4. The van der Waals surface area contributed by atoms with Gasteiger partial charge in [0.05, 0.1) is 0 Å². The molecule has 6 nitrogen and oxygen atoms in total. The molecule has 25 heavy (non-hydrogen) atoms. The SMILES string of the molecule is CC1(CCCC(P(=O)(O)O)S(=O)(=O)O)C=CC(c2ccccc2)=CC1. The third kappa shape index (κ3) is 5.62. The lowest BCUT2D eigenvalue weighted by molar-refractivity contribution is 0.347. The van der Waals surface area contributed by atoms with E-state index in [4.69, 9.17) is 14.3 Å². The van der Waals surface area contributed by atoms with E-state index in [-0.39, 0.29) is 18.3 Å². The van der Waals surface area contributed by atoms with E-state index in [1.54, 1.807) is 0 Å². The van der Waals surface area contributed by atoms with Crippen LogP contribution in [0, 0.1) is 5.41 Å². The summed E-state index contributed by atoms with van der Waals surface area (Å²) >= 11 is 0. The van der Waals surface area contributed by atoms with E-state index in [1.807, 2.05) is 43.3 Å². The largest absolute Gasteiger partial charge is 0.346 e. The van der Waals surface area contributed by atoms with Gasteiger partial charge in [0.1, 0.15) is 0 Å². The minimum absolute atomic E-state index is 0.211. The fourth-order valence-electron chi connectivity index (χ4n) is 2.97. The predicted octanol–water partition coefficient (Wildman–Crippen LogP) is 3.60. The Labute approximate surface area is 148 Å². The second-order valence-electron chi connectivity index (χ2n) is 6.67. The molecule has 8 heteroatoms. The lowest BCUT2D eigenvalue weighted by Gasteiger charge is -2.29. The summed E-state index contributed by atoms with van der Waals surface area (Å²) in [7, 11) is -9.69. The summed E-state index contributed by atoms with van der Waals surface area (Å²) in [6.07, 6.45) is 7.50. The molecular weight excluding hydrogens is 363 g/mol. The summed E-state index contributed by atoms with van der Waals surface area (Å²) < 4.78 is 42.7. The van der Waals surface area contributed by atoms with Gasteiger partial charge in [-0.25, -0.2) is 0 Å². The first-order valence-electron chi connectivity index (χ1n) is 7.98. The van der Waals surface area contributed by atoms with Crippen LogP contribution in [-0.2, 0) is 14.7 Å². The van der Waals surface area contributed by atoms with Crippen LogP contribution >= 0.6 is 7.60 Å². The Morgan fingerprint density at radius 2 is 1.88 bits per heavy atom. The van der Waals surface area contributed by atoms with E-state index in [9.17, 15) is 13.0 Å². The van der Waals surface area contributed by atoms with Crippen LogP contribution in [0.2, 0.25) is 0 Å². The first-order chi connectivity index (χ1) is 11.5. The highest BCUT2D eigenvalue weighted by atomic mass is 32.2. The van der Waals surface area contributed by atoms with Gasteiger partial charge in [0.2, 0.25) is 0 Å². The Balaban J connectivity index is 1.97. The normalized spacial score (nSPS) is 22.5. The molecule has 2 rings (SSSR count). The van der Waals surface area contributed by atoms with Gasteiger partial charge in [-0.3, -0.25) is 9.12 Å². The van der Waals surface area contributed by atoms with Crippen molar-refractivity contribution in [3.05, 3.63) is 54.1 Å². The van der Waals surface area contributed by atoms with Crippen LogP contribution in [0.4, 0.5) is 0 Å². The lowest BCUT2D eigenvalue weighted by atomic mass is 9.77. The maximum Gasteiger partial charge on any atom is 0.346 e. The summed E-state index contributed by atoms with van der Waals surface area (Å²) in [6.45, 7) is 2.02. The van der Waals surface area contributed by atoms with Crippen molar-refractivity contribution in [1.82, 2.24) is 0 Å². The molecule has 1 aliphatic carbocycles. The third-order valence-corrected chi connectivity index (χ3v) is 8.03. The maximum absolute atomic E-state index is 11.3. The Kier molecular flexibility index (Phi) is 6.07. The molecule has 0 aromatic heterocycles. The Hall–Kier alpha value is -1.24. The molecule has 0 aliphatic heterocycles. The minimum atomic E-state index is -4.91. The summed E-state index contributed by atoms with van der Waals surface area (Å²) in [5, 5.41) is 0. The van der Waals surface area contributed by atoms with Gasteiger partial charge in [-0.15, -0.1) is 0 Å². The first-order valence-corrected chi connectivity index (χ1v) is 11.2. The summed E-state index contributed by atoms with van der Waals surface area (Å²) in [5.41, 5.74) is 2.02. The van der Waals surface area contributed by atoms with Crippen molar-refractivity contribution in [2.75, 3.05) is 0 Å². The van der Waals surface area contributed by atoms with Crippen molar-refractivity contribution in [2.24, 2.45) is 5.41 Å². The highest BCUT2D eigenvalue weighted by Gasteiger charge is 2.39. The highest BCUT2D eigenvalue weighted by Crippen LogP contribution is 2.47. The van der Waals surface area contributed by atoms with Crippen LogP contribution in [0.15, 0.2) is 48.6 Å². The van der Waals surface area contributed by atoms with Gasteiger partial charge in [0.15, 0.2) is 4.99 Å². The van der Waals surface area contributed by atoms with Gasteiger partial charge in [-0.1, -0.05) is 61.9 Å². The van der Waals surface area contributed by atoms with Crippen molar-refractivity contribution >= 4 is 23.3 Å². The predicted molar refractivity (Wildman–Crippen MR) is 97.5 cm³/mol. The molecular formula is C17H23O6PS. The van der Waals surface area contributed by atoms with E-state index in [0.717, 1.165) is 17.6 Å². The molecule has 0 radical (unpaired) electrons. The van der Waals surface area contributed by atoms with Gasteiger partial charge in [-0.05, 0) is 35.8 Å². The van der Waals surface area contributed by atoms with Crippen LogP contribution in [-0.4, -0.2) is 27.7 Å². The van der Waals surface area contributed by atoms with Gasteiger partial charge in [-0.2, -0.15) is 8.42 Å². The summed E-state index contributed by atoms with van der Waals surface area (Å²) in [5.74, 6) is 0. The monoisotopic (exact) mass is 386 g/mol. The molecule has 0 saturated carbocycles. The molecule has 1 aliphatic rings. The molecule has 0 saturated heterocycles. The molecule has 1 aromatic carbocycles. The van der Waals surface area contributed by atoms with Crippen LogP contribution in [0.5, 0.6) is 0 Å². The fraction of sp³-hybridized carbons (Fsp3) is 0.412. The highest BCUT2D eigenvalue weighted by molar-refractivity contribution is 7.93. The Morgan fingerprint density at radius 3 is 2.36 bits per heavy atom. The van der Waals surface area contributed by atoms with Crippen molar-refractivity contribution in [3.8, 4) is 0 Å². The van der Waals surface area contributed by atoms with E-state index in [1.165, 1.54) is 0 Å². The van der Waals surface area contributed by atoms with Crippen molar-refractivity contribution in [2.45, 2.75) is 37.6 Å². The standard InChI is InChI=1S/C17H23O6PS/c1-17(11-5-8-16(24(18,19)20)25(21,22)23)12-9-15(10-13-17)14-6-3-2-4-7-14/h2-4,6-7,9-10,12,16H,5,8,11,13H2,1H3,(H2,18,19,20)(H,21,22,23). The Morgan fingerprint density at radius 1 is 1.24 bits per heavy atom. The van der Waals surface area contributed by atoms with E-state index in [2.05, 4.69) is 12.2 Å². The summed E-state index contributed by atoms with van der Waals surface area (Å²) in [4.78, 5) is 16.2. The molecule has 0 bridgehead atoms. The zero-order valence-corrected chi connectivity index (χ0v) is 15.7. The quantitative estimate of drug-likeness (QED) is 0.488. The number of rotatable bonds is 7. The minimum Gasteiger partial charge on any atom is -0.323 e. The second kappa shape index (κ2) is 7.56. The van der Waals surface area contributed by atoms with Crippen LogP contribution in [0.25, 0.3) is 5.57 Å². The van der Waals surface area contributed by atoms with Crippen molar-refractivity contribution in [3.63, 3.8) is 0 Å². The molecule has 0 fully saturated rings. The number of allylic oxidation sites excluding steroid dienone is 4. The van der Waals surface area contributed by atoms with Crippen molar-refractivity contribution < 1.29 is 27.3 Å². The zero-order chi connectivity index (χ0) is 18.7. The van der Waals surface area contributed by atoms with E-state index < -0.39 is 22.7 Å². The lowest BCUT2D eigenvalue weighted by Crippen LogP contribution is -2.22. The van der Waals surface area contributed by atoms with E-state index >= 15 is 0 Å². The Bertz CT molecular complexity index is 809. The van der Waals surface area contributed by atoms with Crippen LogP contribution in [0.1, 0.15) is 38.2 Å². The average molecular weight is 386 g/mol. The first kappa shape index (κ1) is 20.1. The maximum atomic E-state index is 11.3. The summed E-state index contributed by atoms with van der Waals surface area (Å²) in [6, 6.07) is 9.93. The molecule has 0 spiro atoms. The van der Waals surface area contributed by atoms with Crippen LogP contribution < -0.4 is 0 Å². The molecule has 2 atom stereocenters. The van der Waals surface area contributed by atoms with E-state index in [0.29, 0.717) is 6.42 Å². The van der Waals surface area contributed by atoms with Gasteiger partial charge in [0, 0.05) is 0 Å².